The van der Waals surface area contributed by atoms with Gasteiger partial charge in [-0.05, 0) is 32.3 Å². The zero-order valence-electron chi connectivity index (χ0n) is 14.7. The summed E-state index contributed by atoms with van der Waals surface area (Å²) in [7, 11) is 0. The summed E-state index contributed by atoms with van der Waals surface area (Å²) in [5.74, 6) is 0.673. The highest BCUT2D eigenvalue weighted by Gasteiger charge is 2.50. The van der Waals surface area contributed by atoms with Crippen molar-refractivity contribution in [3.05, 3.63) is 57.6 Å². The molecule has 0 unspecified atom stereocenters. The molecular weight excluding hydrogens is 300 g/mol. The first-order chi connectivity index (χ1) is 11.3. The number of ether oxygens (including phenoxy) is 1. The first kappa shape index (κ1) is 16.1. The van der Waals surface area contributed by atoms with E-state index in [2.05, 4.69) is 62.2 Å². The standard InChI is InChI=1S/C19H22N4O/c1-10(2)19(14-7-11(3)6-12(4)8-14)15(9-20)17(21)24-18-16(19)13(5)22-23-18/h6-8,10H,21H2,1-5H3,(H,22,23)/t19-/m1/s1. The van der Waals surface area contributed by atoms with Crippen molar-refractivity contribution in [2.75, 3.05) is 0 Å². The summed E-state index contributed by atoms with van der Waals surface area (Å²) in [4.78, 5) is 0. The van der Waals surface area contributed by atoms with Gasteiger partial charge in [-0.1, -0.05) is 43.2 Å². The van der Waals surface area contributed by atoms with Crippen molar-refractivity contribution >= 4 is 0 Å². The molecule has 2 aromatic rings. The fourth-order valence-electron chi connectivity index (χ4n) is 3.96. The largest absolute Gasteiger partial charge is 0.420 e. The Labute approximate surface area is 142 Å². The first-order valence-corrected chi connectivity index (χ1v) is 8.04. The molecule has 5 heteroatoms. The number of fused-ring (bicyclic) bond motifs is 1. The summed E-state index contributed by atoms with van der Waals surface area (Å²) in [6.07, 6.45) is 0. The van der Waals surface area contributed by atoms with Crippen LogP contribution in [0.25, 0.3) is 0 Å². The molecule has 124 valence electrons. The number of nitrogens with zero attached hydrogens (tertiary/aromatic N) is 2. The zero-order chi connectivity index (χ0) is 17.6. The number of nitrogens with one attached hydrogen (secondary N) is 1. The minimum atomic E-state index is -0.680. The predicted octanol–water partition coefficient (Wildman–Crippen LogP) is 3.36. The molecule has 1 aliphatic heterocycles. The number of hydrogen-bond donors (Lipinski definition) is 2. The normalized spacial score (nSPS) is 19.9. The second-order valence-corrected chi connectivity index (χ2v) is 6.82. The fraction of sp³-hybridized carbons (Fsp3) is 0.368. The summed E-state index contributed by atoms with van der Waals surface area (Å²) in [6, 6.07) is 8.68. The van der Waals surface area contributed by atoms with Gasteiger partial charge in [0.1, 0.15) is 11.6 Å². The van der Waals surface area contributed by atoms with Crippen molar-refractivity contribution in [1.29, 1.82) is 5.26 Å². The second-order valence-electron chi connectivity index (χ2n) is 6.82. The van der Waals surface area contributed by atoms with E-state index in [1.165, 1.54) is 0 Å². The summed E-state index contributed by atoms with van der Waals surface area (Å²) < 4.78 is 5.64. The summed E-state index contributed by atoms with van der Waals surface area (Å²) >= 11 is 0. The smallest absolute Gasteiger partial charge is 0.244 e. The van der Waals surface area contributed by atoms with Gasteiger partial charge in [-0.15, -0.1) is 5.10 Å². The van der Waals surface area contributed by atoms with Crippen LogP contribution < -0.4 is 10.5 Å². The Morgan fingerprint density at radius 1 is 1.21 bits per heavy atom. The molecule has 24 heavy (non-hydrogen) atoms. The second kappa shape index (κ2) is 5.41. The molecule has 1 aromatic carbocycles. The molecular formula is C19H22N4O. The molecule has 0 amide bonds. The zero-order valence-corrected chi connectivity index (χ0v) is 14.7. The van der Waals surface area contributed by atoms with Crippen LogP contribution in [0.3, 0.4) is 0 Å². The van der Waals surface area contributed by atoms with Crippen LogP contribution in [0, 0.1) is 38.0 Å². The van der Waals surface area contributed by atoms with Gasteiger partial charge in [0.2, 0.25) is 11.8 Å². The Balaban J connectivity index is 2.48. The Morgan fingerprint density at radius 2 is 1.83 bits per heavy atom. The van der Waals surface area contributed by atoms with E-state index in [0.29, 0.717) is 11.5 Å². The molecule has 0 saturated heterocycles. The fourth-order valence-corrected chi connectivity index (χ4v) is 3.96. The van der Waals surface area contributed by atoms with Crippen LogP contribution in [0.4, 0.5) is 0 Å². The average molecular weight is 322 g/mol. The third-order valence-electron chi connectivity index (χ3n) is 4.81. The van der Waals surface area contributed by atoms with E-state index in [1.807, 2.05) is 6.92 Å². The molecule has 1 aromatic heterocycles. The molecule has 2 heterocycles. The Hall–Kier alpha value is -2.74. The van der Waals surface area contributed by atoms with Crippen molar-refractivity contribution in [3.63, 3.8) is 0 Å². The summed E-state index contributed by atoms with van der Waals surface area (Å²) in [5, 5.41) is 17.1. The summed E-state index contributed by atoms with van der Waals surface area (Å²) in [5.41, 5.74) is 11.0. The van der Waals surface area contributed by atoms with Gasteiger partial charge in [0, 0.05) is 5.69 Å². The van der Waals surface area contributed by atoms with E-state index in [9.17, 15) is 5.26 Å². The molecule has 0 fully saturated rings. The number of H-pyrrole nitrogens is 1. The number of rotatable bonds is 2. The highest BCUT2D eigenvalue weighted by atomic mass is 16.5. The number of nitrogens with two attached hydrogens (primary N) is 1. The molecule has 3 rings (SSSR count). The van der Waals surface area contributed by atoms with E-state index >= 15 is 0 Å². The van der Waals surface area contributed by atoms with Crippen LogP contribution in [0.5, 0.6) is 5.88 Å². The van der Waals surface area contributed by atoms with Gasteiger partial charge < -0.3 is 10.5 Å². The van der Waals surface area contributed by atoms with E-state index in [4.69, 9.17) is 10.5 Å². The Morgan fingerprint density at radius 3 is 2.38 bits per heavy atom. The van der Waals surface area contributed by atoms with Crippen molar-refractivity contribution in [1.82, 2.24) is 10.2 Å². The topological polar surface area (TPSA) is 87.7 Å². The van der Waals surface area contributed by atoms with Crippen LogP contribution in [-0.4, -0.2) is 10.2 Å². The molecule has 0 bridgehead atoms. The minimum Gasteiger partial charge on any atom is -0.420 e. The van der Waals surface area contributed by atoms with Gasteiger partial charge in [-0.25, -0.2) is 0 Å². The Bertz CT molecular complexity index is 865. The summed E-state index contributed by atoms with van der Waals surface area (Å²) in [6.45, 7) is 10.3. The number of benzene rings is 1. The van der Waals surface area contributed by atoms with Crippen molar-refractivity contribution in [2.24, 2.45) is 11.7 Å². The van der Waals surface area contributed by atoms with Gasteiger partial charge in [0.15, 0.2) is 0 Å². The minimum absolute atomic E-state index is 0.0887. The predicted molar refractivity (Wildman–Crippen MR) is 92.3 cm³/mol. The highest BCUT2D eigenvalue weighted by molar-refractivity contribution is 5.62. The third kappa shape index (κ3) is 2.03. The highest BCUT2D eigenvalue weighted by Crippen LogP contribution is 2.52. The SMILES string of the molecule is Cc1cc(C)cc([C@]2(C(C)C)C(C#N)=C(N)Oc3n[nH]c(C)c32)c1. The lowest BCUT2D eigenvalue weighted by atomic mass is 9.61. The maximum Gasteiger partial charge on any atom is 0.244 e. The van der Waals surface area contributed by atoms with Gasteiger partial charge in [-0.3, -0.25) is 5.10 Å². The van der Waals surface area contributed by atoms with Gasteiger partial charge in [0.25, 0.3) is 0 Å². The molecule has 1 aliphatic rings. The van der Waals surface area contributed by atoms with Crippen LogP contribution in [0.2, 0.25) is 0 Å². The lowest BCUT2D eigenvalue weighted by molar-refractivity contribution is 0.323. The van der Waals surface area contributed by atoms with Crippen LogP contribution in [0.15, 0.2) is 29.7 Å². The molecule has 0 saturated carbocycles. The quantitative estimate of drug-likeness (QED) is 0.887. The van der Waals surface area contributed by atoms with Crippen LogP contribution >= 0.6 is 0 Å². The maximum absolute atomic E-state index is 9.90. The molecule has 0 aliphatic carbocycles. The first-order valence-electron chi connectivity index (χ1n) is 8.04. The van der Waals surface area contributed by atoms with Crippen molar-refractivity contribution in [3.8, 4) is 11.9 Å². The van der Waals surface area contributed by atoms with Crippen LogP contribution in [-0.2, 0) is 5.41 Å². The van der Waals surface area contributed by atoms with Gasteiger partial charge in [-0.2, -0.15) is 5.26 Å². The number of nitriles is 1. The average Bonchev–Trinajstić information content (AvgIpc) is 2.85. The number of aromatic amines is 1. The number of aryl methyl sites for hydroxylation is 3. The number of hydrogen-bond acceptors (Lipinski definition) is 4. The van der Waals surface area contributed by atoms with E-state index < -0.39 is 5.41 Å². The van der Waals surface area contributed by atoms with E-state index in [0.717, 1.165) is 27.9 Å². The molecule has 3 N–H and O–H groups in total. The molecule has 5 nitrogen and oxygen atoms in total. The van der Waals surface area contributed by atoms with E-state index in [1.54, 1.807) is 0 Å². The van der Waals surface area contributed by atoms with Crippen molar-refractivity contribution in [2.45, 2.75) is 40.0 Å². The maximum atomic E-state index is 9.90. The number of aromatic nitrogens is 2. The van der Waals surface area contributed by atoms with E-state index in [-0.39, 0.29) is 11.8 Å². The lowest BCUT2D eigenvalue weighted by Gasteiger charge is -2.41. The van der Waals surface area contributed by atoms with Crippen LogP contribution in [0.1, 0.15) is 41.8 Å². The number of allylic oxidation sites excluding steroid dienone is 1. The Kier molecular flexibility index (Phi) is 3.64. The van der Waals surface area contributed by atoms with Gasteiger partial charge >= 0.3 is 0 Å². The van der Waals surface area contributed by atoms with Gasteiger partial charge in [0.05, 0.1) is 11.0 Å². The molecule has 0 spiro atoms. The monoisotopic (exact) mass is 322 g/mol. The third-order valence-corrected chi connectivity index (χ3v) is 4.81. The van der Waals surface area contributed by atoms with Crippen molar-refractivity contribution < 1.29 is 4.74 Å². The lowest BCUT2D eigenvalue weighted by Crippen LogP contribution is -2.41. The molecule has 0 radical (unpaired) electrons. The molecule has 1 atom stereocenters.